The van der Waals surface area contributed by atoms with Gasteiger partial charge in [0.05, 0.1) is 37.3 Å². The number of nitrogens with one attached hydrogen (secondary N) is 1. The number of carbonyl (C=O) groups excluding carboxylic acids is 1. The molecule has 1 aromatic carbocycles. The van der Waals surface area contributed by atoms with E-state index in [-0.39, 0.29) is 31.0 Å². The highest BCUT2D eigenvalue weighted by Crippen LogP contribution is 2.25. The molecular formula is C21H29N5O5S. The molecule has 0 bridgehead atoms. The first-order valence-electron chi connectivity index (χ1n) is 10.3. The zero-order chi connectivity index (χ0) is 23.3. The Hall–Kier alpha value is -2.76. The van der Waals surface area contributed by atoms with Crippen molar-refractivity contribution in [2.45, 2.75) is 18.7 Å². The Balaban J connectivity index is 1.89. The minimum atomic E-state index is -3.27. The lowest BCUT2D eigenvalue weighted by atomic mass is 10.2. The minimum Gasteiger partial charge on any atom is -0.395 e. The van der Waals surface area contributed by atoms with Crippen molar-refractivity contribution in [1.82, 2.24) is 14.9 Å². The van der Waals surface area contributed by atoms with Crippen molar-refractivity contribution in [2.75, 3.05) is 56.4 Å². The molecule has 1 aliphatic heterocycles. The number of aliphatic hydroxyl groups excluding tert-OH is 1. The lowest BCUT2D eigenvalue weighted by molar-refractivity contribution is 0.0985. The number of aliphatic hydroxyl groups is 1. The fourth-order valence-corrected chi connectivity index (χ4v) is 4.03. The predicted molar refractivity (Wildman–Crippen MR) is 122 cm³/mol. The number of benzene rings is 1. The summed E-state index contributed by atoms with van der Waals surface area (Å²) in [6.45, 7) is 3.94. The van der Waals surface area contributed by atoms with Crippen LogP contribution in [0.3, 0.4) is 0 Å². The lowest BCUT2D eigenvalue weighted by Gasteiger charge is -2.34. The van der Waals surface area contributed by atoms with Crippen LogP contribution in [0.1, 0.15) is 12.6 Å². The van der Waals surface area contributed by atoms with E-state index in [0.717, 1.165) is 0 Å². The van der Waals surface area contributed by atoms with Gasteiger partial charge in [-0.1, -0.05) is 0 Å². The van der Waals surface area contributed by atoms with Crippen molar-refractivity contribution in [3.63, 3.8) is 0 Å². The molecule has 1 fully saturated rings. The molecule has 0 unspecified atom stereocenters. The van der Waals surface area contributed by atoms with E-state index in [0.29, 0.717) is 48.3 Å². The molecule has 0 saturated carbocycles. The van der Waals surface area contributed by atoms with Gasteiger partial charge in [-0.05, 0) is 31.2 Å². The Kier molecular flexibility index (Phi) is 7.64. The molecule has 10 nitrogen and oxygen atoms in total. The quantitative estimate of drug-likeness (QED) is 0.631. The fourth-order valence-electron chi connectivity index (χ4n) is 3.34. The number of carbonyl (C=O) groups is 1. The summed E-state index contributed by atoms with van der Waals surface area (Å²) in [5.41, 5.74) is 1.70. The summed E-state index contributed by atoms with van der Waals surface area (Å²) in [6, 6.07) is 8.49. The van der Waals surface area contributed by atoms with Crippen LogP contribution in [-0.2, 0) is 20.3 Å². The number of likely N-dealkylation sites (N-methyl/N-ethyl adjacent to an activating group) is 1. The Bertz CT molecular complexity index is 1050. The van der Waals surface area contributed by atoms with Gasteiger partial charge in [0.2, 0.25) is 0 Å². The van der Waals surface area contributed by atoms with Crippen molar-refractivity contribution < 1.29 is 23.1 Å². The molecule has 2 N–H and O–H groups in total. The first kappa shape index (κ1) is 23.9. The molecule has 1 aromatic heterocycles. The number of rotatable bonds is 7. The highest BCUT2D eigenvalue weighted by Gasteiger charge is 2.22. The molecule has 2 heterocycles. The van der Waals surface area contributed by atoms with Crippen LogP contribution in [-0.4, -0.2) is 86.7 Å². The number of urea groups is 1. The second-order valence-corrected chi connectivity index (χ2v) is 10.0. The fraction of sp³-hybridized carbons (Fsp3) is 0.476. The molecule has 11 heteroatoms. The van der Waals surface area contributed by atoms with Gasteiger partial charge in [-0.2, -0.15) is 0 Å². The zero-order valence-electron chi connectivity index (χ0n) is 18.5. The number of anilines is 2. The average molecular weight is 464 g/mol. The normalized spacial score (nSPS) is 16.6. The van der Waals surface area contributed by atoms with E-state index < -0.39 is 9.84 Å². The third kappa shape index (κ3) is 6.38. The molecule has 1 saturated heterocycles. The summed E-state index contributed by atoms with van der Waals surface area (Å²) in [7, 11) is -1.68. The molecule has 174 valence electrons. The maximum Gasteiger partial charge on any atom is 0.321 e. The third-order valence-electron chi connectivity index (χ3n) is 5.01. The van der Waals surface area contributed by atoms with Crippen molar-refractivity contribution >= 4 is 27.4 Å². The highest BCUT2D eigenvalue weighted by molar-refractivity contribution is 7.89. The highest BCUT2D eigenvalue weighted by atomic mass is 32.2. The Morgan fingerprint density at radius 1 is 1.31 bits per heavy atom. The van der Waals surface area contributed by atoms with Crippen LogP contribution in [0.25, 0.3) is 11.4 Å². The van der Waals surface area contributed by atoms with E-state index in [1.165, 1.54) is 11.2 Å². The standard InChI is InChI=1S/C21H29N5O5S/c1-15-13-31-11-9-26(15)19-12-18(14-32(3,29)30)22-20(24-19)16-4-6-17(7-5-16)23-21(28)25(2)8-10-27/h4-7,12,15,27H,8-11,13-14H2,1-3H3,(H,23,28)/t15-/m0/s1. The molecule has 1 aliphatic rings. The number of hydrogen-bond donors (Lipinski definition) is 2. The van der Waals surface area contributed by atoms with Gasteiger partial charge in [-0.3, -0.25) is 0 Å². The zero-order valence-corrected chi connectivity index (χ0v) is 19.3. The van der Waals surface area contributed by atoms with Crippen LogP contribution in [0.2, 0.25) is 0 Å². The van der Waals surface area contributed by atoms with E-state index in [4.69, 9.17) is 14.8 Å². The molecule has 2 aromatic rings. The number of amides is 2. The summed E-state index contributed by atoms with van der Waals surface area (Å²) >= 11 is 0. The van der Waals surface area contributed by atoms with Gasteiger partial charge in [-0.15, -0.1) is 0 Å². The van der Waals surface area contributed by atoms with Crippen molar-refractivity contribution in [3.8, 4) is 11.4 Å². The van der Waals surface area contributed by atoms with Crippen molar-refractivity contribution in [1.29, 1.82) is 0 Å². The molecule has 32 heavy (non-hydrogen) atoms. The number of aromatic nitrogens is 2. The number of ether oxygens (including phenoxy) is 1. The van der Waals surface area contributed by atoms with E-state index >= 15 is 0 Å². The Morgan fingerprint density at radius 3 is 2.66 bits per heavy atom. The number of hydrogen-bond acceptors (Lipinski definition) is 8. The molecule has 0 radical (unpaired) electrons. The topological polar surface area (TPSA) is 125 Å². The maximum atomic E-state index is 12.1. The Morgan fingerprint density at radius 2 is 2.03 bits per heavy atom. The monoisotopic (exact) mass is 463 g/mol. The largest absolute Gasteiger partial charge is 0.395 e. The van der Waals surface area contributed by atoms with Gasteiger partial charge in [0, 0.05) is 43.7 Å². The van der Waals surface area contributed by atoms with Gasteiger partial charge in [-0.25, -0.2) is 23.2 Å². The molecule has 2 amide bonds. The molecule has 3 rings (SSSR count). The van der Waals surface area contributed by atoms with Crippen LogP contribution in [0.4, 0.5) is 16.3 Å². The second kappa shape index (κ2) is 10.2. The molecule has 0 spiro atoms. The number of nitrogens with zero attached hydrogens (tertiary/aromatic N) is 4. The minimum absolute atomic E-state index is 0.103. The molecular weight excluding hydrogens is 434 g/mol. The summed E-state index contributed by atoms with van der Waals surface area (Å²) < 4.78 is 29.3. The van der Waals surface area contributed by atoms with E-state index in [2.05, 4.69) is 15.2 Å². The van der Waals surface area contributed by atoms with Crippen LogP contribution in [0, 0.1) is 0 Å². The van der Waals surface area contributed by atoms with Crippen LogP contribution in [0.15, 0.2) is 30.3 Å². The van der Waals surface area contributed by atoms with Gasteiger partial charge in [0.1, 0.15) is 5.82 Å². The van der Waals surface area contributed by atoms with Crippen molar-refractivity contribution in [3.05, 3.63) is 36.0 Å². The van der Waals surface area contributed by atoms with Crippen LogP contribution >= 0.6 is 0 Å². The van der Waals surface area contributed by atoms with Gasteiger partial charge in [0.25, 0.3) is 0 Å². The smallest absolute Gasteiger partial charge is 0.321 e. The first-order chi connectivity index (χ1) is 15.2. The number of morpholine rings is 1. The maximum absolute atomic E-state index is 12.1. The van der Waals surface area contributed by atoms with Crippen molar-refractivity contribution in [2.24, 2.45) is 0 Å². The van der Waals surface area contributed by atoms with Gasteiger partial charge >= 0.3 is 6.03 Å². The molecule has 1 atom stereocenters. The van der Waals surface area contributed by atoms with Crippen LogP contribution < -0.4 is 10.2 Å². The Labute approximate surface area is 188 Å². The number of sulfone groups is 1. The van der Waals surface area contributed by atoms with Gasteiger partial charge < -0.3 is 25.0 Å². The molecule has 0 aliphatic carbocycles. The first-order valence-corrected chi connectivity index (χ1v) is 12.4. The van der Waals surface area contributed by atoms with E-state index in [1.807, 2.05) is 6.92 Å². The second-order valence-electron chi connectivity index (χ2n) is 7.88. The average Bonchev–Trinajstić information content (AvgIpc) is 2.73. The summed E-state index contributed by atoms with van der Waals surface area (Å²) in [5, 5.41) is 11.7. The third-order valence-corrected chi connectivity index (χ3v) is 5.83. The van der Waals surface area contributed by atoms with Gasteiger partial charge in [0.15, 0.2) is 15.7 Å². The summed E-state index contributed by atoms with van der Waals surface area (Å²) in [6.07, 6.45) is 1.18. The van der Waals surface area contributed by atoms with Crippen LogP contribution in [0.5, 0.6) is 0 Å². The predicted octanol–water partition coefficient (Wildman–Crippen LogP) is 1.37. The summed E-state index contributed by atoms with van der Waals surface area (Å²) in [4.78, 5) is 24.7. The van der Waals surface area contributed by atoms with E-state index in [9.17, 15) is 13.2 Å². The summed E-state index contributed by atoms with van der Waals surface area (Å²) in [5.74, 6) is 0.891. The SMILES string of the molecule is C[C@H]1COCCN1c1cc(CS(C)(=O)=O)nc(-c2ccc(NC(=O)N(C)CCO)cc2)n1. The lowest BCUT2D eigenvalue weighted by Crippen LogP contribution is -2.44. The van der Waals surface area contributed by atoms with E-state index in [1.54, 1.807) is 37.4 Å².